The molecule has 35 heavy (non-hydrogen) atoms. The molecule has 0 aromatic heterocycles. The van der Waals surface area contributed by atoms with Crippen LogP contribution >= 0.6 is 0 Å². The van der Waals surface area contributed by atoms with E-state index in [9.17, 15) is 13.6 Å². The van der Waals surface area contributed by atoms with E-state index in [0.29, 0.717) is 23.2 Å². The molecule has 1 fully saturated rings. The monoisotopic (exact) mass is 490 g/mol. The first-order valence-electron chi connectivity index (χ1n) is 12.2. The Morgan fingerprint density at radius 1 is 1.23 bits per heavy atom. The lowest BCUT2D eigenvalue weighted by Gasteiger charge is -2.29. The van der Waals surface area contributed by atoms with Gasteiger partial charge in [-0.15, -0.1) is 0 Å². The SMILES string of the molecule is Cc1ccc(C[C@@H]2CCCN2C[C@H](CO[C@H](C)c2ccc(F)c(C)c2CCC(=O)O)ON)cc1F. The molecule has 3 N–H and O–H groups in total. The first-order valence-corrected chi connectivity index (χ1v) is 12.2. The fourth-order valence-corrected chi connectivity index (χ4v) is 4.83. The van der Waals surface area contributed by atoms with Crippen LogP contribution < -0.4 is 5.90 Å². The number of likely N-dealkylation sites (tertiary alicyclic amines) is 1. The number of carbonyl (C=O) groups is 1. The number of carboxylic acids is 1. The van der Waals surface area contributed by atoms with Crippen molar-refractivity contribution in [2.75, 3.05) is 19.7 Å². The zero-order valence-corrected chi connectivity index (χ0v) is 20.7. The average molecular weight is 491 g/mol. The third kappa shape index (κ3) is 7.30. The van der Waals surface area contributed by atoms with Gasteiger partial charge in [-0.3, -0.25) is 14.5 Å². The third-order valence-corrected chi connectivity index (χ3v) is 6.96. The smallest absolute Gasteiger partial charge is 0.303 e. The van der Waals surface area contributed by atoms with Crippen LogP contribution in [0.4, 0.5) is 8.78 Å². The normalized spacial score (nSPS) is 18.1. The molecule has 0 spiro atoms. The molecule has 0 saturated carbocycles. The molecule has 0 unspecified atom stereocenters. The van der Waals surface area contributed by atoms with Crippen LogP contribution in [-0.4, -0.2) is 47.8 Å². The van der Waals surface area contributed by atoms with Gasteiger partial charge in [0.1, 0.15) is 17.7 Å². The van der Waals surface area contributed by atoms with E-state index in [1.54, 1.807) is 26.0 Å². The minimum absolute atomic E-state index is 0.0836. The Morgan fingerprint density at radius 2 is 2.00 bits per heavy atom. The highest BCUT2D eigenvalue weighted by Gasteiger charge is 2.28. The van der Waals surface area contributed by atoms with E-state index in [-0.39, 0.29) is 49.3 Å². The summed E-state index contributed by atoms with van der Waals surface area (Å²) in [5.41, 5.74) is 3.48. The van der Waals surface area contributed by atoms with Crippen molar-refractivity contribution < 1.29 is 28.3 Å². The predicted molar refractivity (Wildman–Crippen MR) is 130 cm³/mol. The largest absolute Gasteiger partial charge is 0.481 e. The summed E-state index contributed by atoms with van der Waals surface area (Å²) >= 11 is 0. The fourth-order valence-electron chi connectivity index (χ4n) is 4.83. The van der Waals surface area contributed by atoms with Gasteiger partial charge >= 0.3 is 5.97 Å². The maximum absolute atomic E-state index is 14.1. The summed E-state index contributed by atoms with van der Waals surface area (Å²) in [6, 6.07) is 8.71. The zero-order valence-electron chi connectivity index (χ0n) is 20.7. The summed E-state index contributed by atoms with van der Waals surface area (Å²) in [6.45, 7) is 6.99. The van der Waals surface area contributed by atoms with Crippen molar-refractivity contribution in [2.45, 2.75) is 71.1 Å². The molecule has 1 saturated heterocycles. The average Bonchev–Trinajstić information content (AvgIpc) is 3.25. The highest BCUT2D eigenvalue weighted by molar-refractivity contribution is 5.67. The molecule has 1 heterocycles. The molecule has 0 amide bonds. The minimum atomic E-state index is -0.932. The number of nitrogens with two attached hydrogens (primary N) is 1. The Morgan fingerprint density at radius 3 is 2.69 bits per heavy atom. The Hall–Kier alpha value is -2.39. The number of hydrogen-bond acceptors (Lipinski definition) is 5. The van der Waals surface area contributed by atoms with E-state index in [1.807, 2.05) is 19.1 Å². The molecule has 0 aliphatic carbocycles. The summed E-state index contributed by atoms with van der Waals surface area (Å²) in [5, 5.41) is 9.07. The van der Waals surface area contributed by atoms with Gasteiger partial charge in [0.25, 0.3) is 0 Å². The second-order valence-electron chi connectivity index (χ2n) is 9.45. The molecule has 0 bridgehead atoms. The lowest BCUT2D eigenvalue weighted by molar-refractivity contribution is -0.136. The minimum Gasteiger partial charge on any atom is -0.481 e. The van der Waals surface area contributed by atoms with Crippen LogP contribution in [0.25, 0.3) is 0 Å². The first-order chi connectivity index (χ1) is 16.7. The van der Waals surface area contributed by atoms with Crippen LogP contribution in [0, 0.1) is 25.5 Å². The van der Waals surface area contributed by atoms with Crippen LogP contribution in [0.15, 0.2) is 30.3 Å². The number of aryl methyl sites for hydroxylation is 1. The van der Waals surface area contributed by atoms with E-state index < -0.39 is 5.97 Å². The first kappa shape index (κ1) is 27.2. The van der Waals surface area contributed by atoms with Gasteiger partial charge in [-0.05, 0) is 92.9 Å². The van der Waals surface area contributed by atoms with Crippen LogP contribution in [0.5, 0.6) is 0 Å². The molecule has 2 aromatic carbocycles. The van der Waals surface area contributed by atoms with Gasteiger partial charge < -0.3 is 9.84 Å². The van der Waals surface area contributed by atoms with Crippen LogP contribution in [-0.2, 0) is 27.2 Å². The van der Waals surface area contributed by atoms with Crippen molar-refractivity contribution in [1.29, 1.82) is 0 Å². The Balaban J connectivity index is 1.61. The molecular formula is C27H36F2N2O4. The van der Waals surface area contributed by atoms with Gasteiger partial charge in [0, 0.05) is 19.0 Å². The van der Waals surface area contributed by atoms with Gasteiger partial charge in [0.15, 0.2) is 0 Å². The molecule has 3 atom stereocenters. The van der Waals surface area contributed by atoms with Crippen LogP contribution in [0.3, 0.4) is 0 Å². The number of ether oxygens (including phenoxy) is 1. The predicted octanol–water partition coefficient (Wildman–Crippen LogP) is 4.64. The van der Waals surface area contributed by atoms with E-state index in [0.717, 1.165) is 36.9 Å². The van der Waals surface area contributed by atoms with Gasteiger partial charge in [-0.25, -0.2) is 14.7 Å². The van der Waals surface area contributed by atoms with Crippen molar-refractivity contribution in [1.82, 2.24) is 4.90 Å². The lowest BCUT2D eigenvalue weighted by Crippen LogP contribution is -2.41. The Labute approximate surface area is 206 Å². The Kier molecular flexibility index (Phi) is 9.74. The number of hydrogen-bond donors (Lipinski definition) is 2. The van der Waals surface area contributed by atoms with E-state index in [2.05, 4.69) is 4.90 Å². The summed E-state index contributed by atoms with van der Waals surface area (Å²) < 4.78 is 34.2. The molecular weight excluding hydrogens is 454 g/mol. The van der Waals surface area contributed by atoms with Gasteiger partial charge in [-0.1, -0.05) is 18.2 Å². The van der Waals surface area contributed by atoms with Crippen molar-refractivity contribution in [3.63, 3.8) is 0 Å². The second-order valence-corrected chi connectivity index (χ2v) is 9.45. The quantitative estimate of drug-likeness (QED) is 0.422. The molecule has 0 radical (unpaired) electrons. The summed E-state index contributed by atoms with van der Waals surface area (Å²) in [7, 11) is 0. The highest BCUT2D eigenvalue weighted by Crippen LogP contribution is 2.28. The standard InChI is InChI=1S/C27H36F2N2O4/c1-17-6-7-20(14-26(17)29)13-21-5-4-12-31(21)15-22(35-30)16-34-19(3)24-8-10-25(28)18(2)23(24)9-11-27(32)33/h6-8,10,14,19,21-22H,4-5,9,11-13,15-16,30H2,1-3H3,(H,32,33)/t19-,21+,22-/m1/s1. The third-order valence-electron chi connectivity index (χ3n) is 6.96. The van der Waals surface area contributed by atoms with E-state index in [4.69, 9.17) is 20.6 Å². The highest BCUT2D eigenvalue weighted by atomic mass is 19.1. The van der Waals surface area contributed by atoms with Gasteiger partial charge in [-0.2, -0.15) is 0 Å². The maximum atomic E-state index is 14.1. The number of aliphatic carboxylic acids is 1. The fraction of sp³-hybridized carbons (Fsp3) is 0.519. The molecule has 2 aromatic rings. The molecule has 192 valence electrons. The van der Waals surface area contributed by atoms with Gasteiger partial charge in [0.05, 0.1) is 12.7 Å². The summed E-state index contributed by atoms with van der Waals surface area (Å²) in [6.07, 6.45) is 2.21. The molecule has 6 nitrogen and oxygen atoms in total. The van der Waals surface area contributed by atoms with Crippen molar-refractivity contribution in [3.8, 4) is 0 Å². The number of benzene rings is 2. The number of nitrogens with zero attached hydrogens (tertiary/aromatic N) is 1. The molecule has 1 aliphatic heterocycles. The van der Waals surface area contributed by atoms with Crippen LogP contribution in [0.1, 0.15) is 60.1 Å². The molecule has 3 rings (SSSR count). The van der Waals surface area contributed by atoms with Crippen molar-refractivity contribution in [2.24, 2.45) is 5.90 Å². The van der Waals surface area contributed by atoms with E-state index in [1.165, 1.54) is 6.07 Å². The van der Waals surface area contributed by atoms with Crippen molar-refractivity contribution in [3.05, 3.63) is 69.8 Å². The van der Waals surface area contributed by atoms with Gasteiger partial charge in [0.2, 0.25) is 0 Å². The summed E-state index contributed by atoms with van der Waals surface area (Å²) in [4.78, 5) is 18.6. The van der Waals surface area contributed by atoms with Crippen LogP contribution in [0.2, 0.25) is 0 Å². The molecule has 1 aliphatic rings. The second kappa shape index (κ2) is 12.5. The number of halogens is 2. The topological polar surface area (TPSA) is 85.0 Å². The Bertz CT molecular complexity index is 1020. The summed E-state index contributed by atoms with van der Waals surface area (Å²) in [5.74, 6) is 4.12. The number of carboxylic acid groups (broad SMARTS) is 1. The molecule has 8 heteroatoms. The van der Waals surface area contributed by atoms with Crippen molar-refractivity contribution >= 4 is 5.97 Å². The van der Waals surface area contributed by atoms with E-state index >= 15 is 0 Å². The number of rotatable bonds is 12. The zero-order chi connectivity index (χ0) is 25.5. The maximum Gasteiger partial charge on any atom is 0.303 e. The lowest BCUT2D eigenvalue weighted by atomic mass is 9.94.